The molecule has 1 aliphatic heterocycles. The Morgan fingerprint density at radius 3 is 2.18 bits per heavy atom. The SMILES string of the molecule is O=C(NCc1ccccc1Cl)NCC1CCC(CNC(=O)N2CCCC2)CC1. The molecule has 1 saturated carbocycles. The van der Waals surface area contributed by atoms with E-state index >= 15 is 0 Å². The van der Waals surface area contributed by atoms with Crippen molar-refractivity contribution in [2.45, 2.75) is 45.1 Å². The number of nitrogens with one attached hydrogen (secondary N) is 3. The second-order valence-corrected chi connectivity index (χ2v) is 8.33. The van der Waals surface area contributed by atoms with Gasteiger partial charge in [-0.25, -0.2) is 9.59 Å². The van der Waals surface area contributed by atoms with E-state index in [4.69, 9.17) is 11.6 Å². The minimum atomic E-state index is -0.153. The first-order valence-electron chi connectivity index (χ1n) is 10.4. The van der Waals surface area contributed by atoms with Crippen molar-refractivity contribution in [3.8, 4) is 0 Å². The number of rotatable bonds is 6. The summed E-state index contributed by atoms with van der Waals surface area (Å²) in [5, 5.41) is 9.59. The van der Waals surface area contributed by atoms with Crippen molar-refractivity contribution in [1.82, 2.24) is 20.9 Å². The van der Waals surface area contributed by atoms with Gasteiger partial charge < -0.3 is 20.9 Å². The summed E-state index contributed by atoms with van der Waals surface area (Å²) in [5.74, 6) is 1.06. The fourth-order valence-electron chi connectivity index (χ4n) is 4.02. The molecule has 1 aromatic carbocycles. The van der Waals surface area contributed by atoms with Crippen LogP contribution in [0.3, 0.4) is 0 Å². The molecule has 7 heteroatoms. The Hall–Kier alpha value is -1.95. The lowest BCUT2D eigenvalue weighted by molar-refractivity contribution is 0.201. The monoisotopic (exact) mass is 406 g/mol. The van der Waals surface area contributed by atoms with Gasteiger partial charge >= 0.3 is 12.1 Å². The van der Waals surface area contributed by atoms with Crippen LogP contribution in [-0.2, 0) is 6.54 Å². The van der Waals surface area contributed by atoms with Crippen molar-refractivity contribution in [3.05, 3.63) is 34.9 Å². The average Bonchev–Trinajstić information content (AvgIpc) is 3.25. The van der Waals surface area contributed by atoms with E-state index in [2.05, 4.69) is 16.0 Å². The van der Waals surface area contributed by atoms with E-state index in [1.54, 1.807) is 0 Å². The van der Waals surface area contributed by atoms with Crippen molar-refractivity contribution in [3.63, 3.8) is 0 Å². The number of urea groups is 2. The summed E-state index contributed by atoms with van der Waals surface area (Å²) < 4.78 is 0. The molecule has 1 heterocycles. The molecule has 0 unspecified atom stereocenters. The topological polar surface area (TPSA) is 73.5 Å². The molecular formula is C21H31ClN4O2. The van der Waals surface area contributed by atoms with Gasteiger partial charge in [-0.2, -0.15) is 0 Å². The molecule has 0 spiro atoms. The second-order valence-electron chi connectivity index (χ2n) is 7.92. The van der Waals surface area contributed by atoms with Crippen LogP contribution in [-0.4, -0.2) is 43.1 Å². The van der Waals surface area contributed by atoms with Gasteiger partial charge in [-0.15, -0.1) is 0 Å². The van der Waals surface area contributed by atoms with Gasteiger partial charge in [0.1, 0.15) is 0 Å². The molecule has 3 rings (SSSR count). The van der Waals surface area contributed by atoms with Gasteiger partial charge in [0.05, 0.1) is 0 Å². The van der Waals surface area contributed by atoms with E-state index in [9.17, 15) is 9.59 Å². The van der Waals surface area contributed by atoms with Gasteiger partial charge in [-0.05, 0) is 62.0 Å². The predicted molar refractivity (Wildman–Crippen MR) is 111 cm³/mol. The Morgan fingerprint density at radius 2 is 1.54 bits per heavy atom. The third-order valence-electron chi connectivity index (χ3n) is 5.85. The molecule has 2 aliphatic rings. The molecule has 3 N–H and O–H groups in total. The maximum atomic E-state index is 12.1. The van der Waals surface area contributed by atoms with E-state index in [1.807, 2.05) is 29.2 Å². The highest BCUT2D eigenvalue weighted by molar-refractivity contribution is 6.31. The summed E-state index contributed by atoms with van der Waals surface area (Å²) in [6.07, 6.45) is 6.64. The lowest BCUT2D eigenvalue weighted by atomic mass is 9.82. The molecule has 28 heavy (non-hydrogen) atoms. The van der Waals surface area contributed by atoms with Crippen molar-refractivity contribution in [2.75, 3.05) is 26.2 Å². The molecule has 2 fully saturated rings. The van der Waals surface area contributed by atoms with E-state index in [-0.39, 0.29) is 12.1 Å². The van der Waals surface area contributed by atoms with Crippen molar-refractivity contribution < 1.29 is 9.59 Å². The Kier molecular flexibility index (Phi) is 7.83. The number of nitrogens with zero attached hydrogens (tertiary/aromatic N) is 1. The first-order valence-corrected chi connectivity index (χ1v) is 10.8. The number of likely N-dealkylation sites (tertiary alicyclic amines) is 1. The van der Waals surface area contributed by atoms with Crippen LogP contribution in [0.15, 0.2) is 24.3 Å². The van der Waals surface area contributed by atoms with Crippen molar-refractivity contribution >= 4 is 23.7 Å². The smallest absolute Gasteiger partial charge is 0.317 e. The van der Waals surface area contributed by atoms with Gasteiger partial charge in [0.2, 0.25) is 0 Å². The highest BCUT2D eigenvalue weighted by Gasteiger charge is 2.23. The number of halogens is 1. The number of carbonyl (C=O) groups is 2. The zero-order valence-electron chi connectivity index (χ0n) is 16.4. The lowest BCUT2D eigenvalue weighted by Crippen LogP contribution is -2.41. The zero-order valence-corrected chi connectivity index (χ0v) is 17.1. The molecule has 1 saturated heterocycles. The molecule has 1 aliphatic carbocycles. The predicted octanol–water partition coefficient (Wildman–Crippen LogP) is 3.75. The fourth-order valence-corrected chi connectivity index (χ4v) is 4.22. The van der Waals surface area contributed by atoms with Crippen LogP contribution in [0, 0.1) is 11.8 Å². The standard InChI is InChI=1S/C21H31ClN4O2/c22-19-6-2-1-5-18(19)15-24-20(27)23-13-16-7-9-17(10-8-16)14-25-21(28)26-11-3-4-12-26/h1-2,5-6,16-17H,3-4,7-15H2,(H,25,28)(H2,23,24,27). The zero-order chi connectivity index (χ0) is 19.8. The molecule has 0 aromatic heterocycles. The summed E-state index contributed by atoms with van der Waals surface area (Å²) in [5.41, 5.74) is 0.913. The maximum Gasteiger partial charge on any atom is 0.317 e. The molecule has 6 nitrogen and oxygen atoms in total. The number of hydrogen-bond acceptors (Lipinski definition) is 2. The maximum absolute atomic E-state index is 12.1. The van der Waals surface area contributed by atoms with Crippen LogP contribution < -0.4 is 16.0 Å². The summed E-state index contributed by atoms with van der Waals surface area (Å²) in [6.45, 7) is 3.68. The van der Waals surface area contributed by atoms with E-state index in [0.717, 1.165) is 63.7 Å². The van der Waals surface area contributed by atoms with Crippen LogP contribution in [0.5, 0.6) is 0 Å². The molecule has 0 atom stereocenters. The summed E-state index contributed by atoms with van der Waals surface area (Å²) >= 11 is 6.10. The van der Waals surface area contributed by atoms with Gasteiger partial charge in [0.25, 0.3) is 0 Å². The Morgan fingerprint density at radius 1 is 0.929 bits per heavy atom. The minimum Gasteiger partial charge on any atom is -0.338 e. The van der Waals surface area contributed by atoms with Crippen LogP contribution in [0.4, 0.5) is 9.59 Å². The normalized spacial score (nSPS) is 22.0. The minimum absolute atomic E-state index is 0.0940. The number of carbonyl (C=O) groups excluding carboxylic acids is 2. The van der Waals surface area contributed by atoms with Crippen molar-refractivity contribution in [2.24, 2.45) is 11.8 Å². The highest BCUT2D eigenvalue weighted by atomic mass is 35.5. The third-order valence-corrected chi connectivity index (χ3v) is 6.22. The molecular weight excluding hydrogens is 376 g/mol. The Balaban J connectivity index is 1.27. The number of hydrogen-bond donors (Lipinski definition) is 3. The summed E-state index contributed by atoms with van der Waals surface area (Å²) in [4.78, 5) is 26.0. The summed E-state index contributed by atoms with van der Waals surface area (Å²) in [6, 6.07) is 7.46. The lowest BCUT2D eigenvalue weighted by Gasteiger charge is -2.29. The third kappa shape index (κ3) is 6.30. The van der Waals surface area contributed by atoms with Crippen LogP contribution in [0.25, 0.3) is 0 Å². The quantitative estimate of drug-likeness (QED) is 0.673. The fraction of sp³-hybridized carbons (Fsp3) is 0.619. The molecule has 1 aromatic rings. The number of benzene rings is 1. The van der Waals surface area contributed by atoms with E-state index in [0.29, 0.717) is 29.9 Å². The number of amides is 4. The summed E-state index contributed by atoms with van der Waals surface area (Å²) in [7, 11) is 0. The largest absolute Gasteiger partial charge is 0.338 e. The first-order chi connectivity index (χ1) is 13.6. The Labute approximate surface area is 172 Å². The highest BCUT2D eigenvalue weighted by Crippen LogP contribution is 2.28. The van der Waals surface area contributed by atoms with E-state index < -0.39 is 0 Å². The molecule has 4 amide bonds. The Bertz CT molecular complexity index is 656. The van der Waals surface area contributed by atoms with Crippen LogP contribution >= 0.6 is 11.6 Å². The van der Waals surface area contributed by atoms with Gasteiger partial charge in [0.15, 0.2) is 0 Å². The van der Waals surface area contributed by atoms with Gasteiger partial charge in [-0.3, -0.25) is 0 Å². The molecule has 0 bridgehead atoms. The van der Waals surface area contributed by atoms with Crippen molar-refractivity contribution in [1.29, 1.82) is 0 Å². The van der Waals surface area contributed by atoms with Gasteiger partial charge in [-0.1, -0.05) is 29.8 Å². The van der Waals surface area contributed by atoms with Crippen LogP contribution in [0.1, 0.15) is 44.1 Å². The first kappa shape index (κ1) is 20.8. The average molecular weight is 407 g/mol. The molecule has 0 radical (unpaired) electrons. The van der Waals surface area contributed by atoms with E-state index in [1.165, 1.54) is 0 Å². The second kappa shape index (κ2) is 10.6. The molecule has 154 valence electrons. The van der Waals surface area contributed by atoms with Crippen LogP contribution in [0.2, 0.25) is 5.02 Å². The van der Waals surface area contributed by atoms with Gasteiger partial charge in [0, 0.05) is 37.7 Å².